The number of esters is 1. The average Bonchev–Trinajstić information content (AvgIpc) is 3.02. The maximum Gasteiger partial charge on any atom is 0.331 e. The van der Waals surface area contributed by atoms with E-state index >= 15 is 0 Å². The molecular formula is C22H22N2O6. The summed E-state index contributed by atoms with van der Waals surface area (Å²) in [5, 5.41) is 13.1. The highest BCUT2D eigenvalue weighted by atomic mass is 16.5. The van der Waals surface area contributed by atoms with Crippen LogP contribution in [0.2, 0.25) is 0 Å². The molecule has 8 nitrogen and oxygen atoms in total. The Labute approximate surface area is 173 Å². The van der Waals surface area contributed by atoms with Gasteiger partial charge in [-0.25, -0.2) is 4.79 Å². The van der Waals surface area contributed by atoms with Gasteiger partial charge in [0, 0.05) is 0 Å². The predicted octanol–water partition coefficient (Wildman–Crippen LogP) is 1.45. The fourth-order valence-electron chi connectivity index (χ4n) is 3.29. The molecule has 3 unspecified atom stereocenters. The van der Waals surface area contributed by atoms with Crippen molar-refractivity contribution in [2.24, 2.45) is 0 Å². The van der Waals surface area contributed by atoms with E-state index in [2.05, 4.69) is 5.32 Å². The first kappa shape index (κ1) is 21.2. The van der Waals surface area contributed by atoms with E-state index in [0.717, 1.165) is 4.90 Å². The Hall–Kier alpha value is -3.52. The molecule has 0 aromatic heterocycles. The van der Waals surface area contributed by atoms with Gasteiger partial charge in [0.05, 0.1) is 17.7 Å². The van der Waals surface area contributed by atoms with Gasteiger partial charge in [0.25, 0.3) is 11.8 Å². The number of nitrogens with zero attached hydrogens (tertiary/aromatic N) is 1. The minimum atomic E-state index is -1.41. The normalized spacial score (nSPS) is 15.9. The summed E-state index contributed by atoms with van der Waals surface area (Å²) in [6.07, 6.45) is -1.37. The molecule has 0 radical (unpaired) electrons. The van der Waals surface area contributed by atoms with Gasteiger partial charge in [-0.2, -0.15) is 0 Å². The largest absolute Gasteiger partial charge is 0.464 e. The fourth-order valence-corrected chi connectivity index (χ4v) is 3.29. The molecule has 0 bridgehead atoms. The van der Waals surface area contributed by atoms with Crippen LogP contribution in [0.4, 0.5) is 0 Å². The third-order valence-electron chi connectivity index (χ3n) is 4.89. The molecule has 1 heterocycles. The van der Waals surface area contributed by atoms with Gasteiger partial charge in [0.1, 0.15) is 12.1 Å². The van der Waals surface area contributed by atoms with Crippen molar-refractivity contribution in [1.82, 2.24) is 10.2 Å². The van der Waals surface area contributed by atoms with Gasteiger partial charge >= 0.3 is 5.97 Å². The smallest absolute Gasteiger partial charge is 0.331 e. The van der Waals surface area contributed by atoms with Crippen LogP contribution in [0, 0.1) is 0 Å². The molecule has 8 heteroatoms. The SMILES string of the molecule is CCOC(=O)C(NC(=O)C(C)N1C(=O)c2ccccc2C1=O)C(O)c1ccccc1. The van der Waals surface area contributed by atoms with Gasteiger partial charge in [-0.1, -0.05) is 42.5 Å². The Bertz CT molecular complexity index is 940. The van der Waals surface area contributed by atoms with Gasteiger partial charge in [-0.3, -0.25) is 19.3 Å². The highest BCUT2D eigenvalue weighted by molar-refractivity contribution is 6.22. The number of carbonyl (C=O) groups excluding carboxylic acids is 4. The molecule has 3 rings (SSSR count). The molecule has 3 atom stereocenters. The molecule has 0 saturated carbocycles. The number of ether oxygens (including phenoxy) is 1. The van der Waals surface area contributed by atoms with Crippen molar-refractivity contribution >= 4 is 23.7 Å². The van der Waals surface area contributed by atoms with Gasteiger partial charge in [-0.15, -0.1) is 0 Å². The lowest BCUT2D eigenvalue weighted by molar-refractivity contribution is -0.151. The van der Waals surface area contributed by atoms with Crippen LogP contribution in [0.15, 0.2) is 54.6 Å². The van der Waals surface area contributed by atoms with Gasteiger partial charge in [0.2, 0.25) is 5.91 Å². The quantitative estimate of drug-likeness (QED) is 0.528. The highest BCUT2D eigenvalue weighted by Gasteiger charge is 2.42. The number of hydrogen-bond donors (Lipinski definition) is 2. The Morgan fingerprint density at radius 3 is 2.07 bits per heavy atom. The third-order valence-corrected chi connectivity index (χ3v) is 4.89. The average molecular weight is 410 g/mol. The molecule has 2 aromatic rings. The summed E-state index contributed by atoms with van der Waals surface area (Å²) in [5.74, 6) is -2.77. The van der Waals surface area contributed by atoms with E-state index in [9.17, 15) is 24.3 Å². The number of hydrogen-bond acceptors (Lipinski definition) is 6. The van der Waals surface area contributed by atoms with Crippen LogP contribution < -0.4 is 5.32 Å². The van der Waals surface area contributed by atoms with Crippen LogP contribution >= 0.6 is 0 Å². The molecule has 156 valence electrons. The van der Waals surface area contributed by atoms with Crippen molar-refractivity contribution in [2.75, 3.05) is 6.61 Å². The molecule has 0 spiro atoms. The zero-order valence-corrected chi connectivity index (χ0v) is 16.6. The maximum absolute atomic E-state index is 12.9. The lowest BCUT2D eigenvalue weighted by Gasteiger charge is -2.27. The standard InChI is InChI=1S/C22H22N2O6/c1-3-30-22(29)17(18(25)14-9-5-4-6-10-14)23-19(26)13(2)24-20(27)15-11-7-8-12-16(15)21(24)28/h4-13,17-18,25H,3H2,1-2H3,(H,23,26). The second kappa shape index (κ2) is 8.87. The molecular weight excluding hydrogens is 388 g/mol. The van der Waals surface area contributed by atoms with Crippen molar-refractivity contribution in [1.29, 1.82) is 0 Å². The molecule has 0 saturated heterocycles. The third kappa shape index (κ3) is 3.95. The predicted molar refractivity (Wildman–Crippen MR) is 106 cm³/mol. The molecule has 1 aliphatic heterocycles. The van der Waals surface area contributed by atoms with Crippen molar-refractivity contribution in [3.63, 3.8) is 0 Å². The van der Waals surface area contributed by atoms with Crippen LogP contribution in [0.1, 0.15) is 46.2 Å². The van der Waals surface area contributed by atoms with E-state index in [1.807, 2.05) is 0 Å². The minimum Gasteiger partial charge on any atom is -0.464 e. The highest BCUT2D eigenvalue weighted by Crippen LogP contribution is 2.25. The van der Waals surface area contributed by atoms with Crippen LogP contribution in [0.25, 0.3) is 0 Å². The maximum atomic E-state index is 12.9. The summed E-state index contributed by atoms with van der Waals surface area (Å²) >= 11 is 0. The summed E-state index contributed by atoms with van der Waals surface area (Å²) in [5.41, 5.74) is 0.839. The molecule has 2 aromatic carbocycles. The van der Waals surface area contributed by atoms with E-state index in [4.69, 9.17) is 4.74 Å². The van der Waals surface area contributed by atoms with Crippen molar-refractivity contribution in [3.8, 4) is 0 Å². The lowest BCUT2D eigenvalue weighted by atomic mass is 10.0. The second-order valence-electron chi connectivity index (χ2n) is 6.80. The van der Waals surface area contributed by atoms with Crippen LogP contribution in [-0.2, 0) is 14.3 Å². The number of amides is 3. The van der Waals surface area contributed by atoms with Gasteiger partial charge < -0.3 is 15.2 Å². The summed E-state index contributed by atoms with van der Waals surface area (Å²) in [6.45, 7) is 3.04. The van der Waals surface area contributed by atoms with E-state index < -0.39 is 41.9 Å². The van der Waals surface area contributed by atoms with Crippen LogP contribution in [0.3, 0.4) is 0 Å². The molecule has 0 aliphatic carbocycles. The number of nitrogens with one attached hydrogen (secondary N) is 1. The Kier molecular flexibility index (Phi) is 6.27. The Balaban J connectivity index is 1.81. The number of aliphatic hydroxyl groups excluding tert-OH is 1. The Morgan fingerprint density at radius 2 is 1.53 bits per heavy atom. The molecule has 0 fully saturated rings. The molecule has 1 aliphatic rings. The number of imide groups is 1. The molecule has 2 N–H and O–H groups in total. The van der Waals surface area contributed by atoms with Gasteiger partial charge in [-0.05, 0) is 31.5 Å². The first-order valence-corrected chi connectivity index (χ1v) is 9.53. The summed E-state index contributed by atoms with van der Waals surface area (Å²) < 4.78 is 4.98. The van der Waals surface area contributed by atoms with Crippen molar-refractivity contribution in [2.45, 2.75) is 32.0 Å². The molecule has 3 amide bonds. The zero-order valence-electron chi connectivity index (χ0n) is 16.6. The number of aliphatic hydroxyl groups is 1. The minimum absolute atomic E-state index is 0.0562. The second-order valence-corrected chi connectivity index (χ2v) is 6.80. The number of rotatable bonds is 7. The van der Waals surface area contributed by atoms with Crippen LogP contribution in [-0.4, -0.2) is 52.4 Å². The van der Waals surface area contributed by atoms with Crippen molar-refractivity contribution < 1.29 is 29.0 Å². The summed E-state index contributed by atoms with van der Waals surface area (Å²) in [4.78, 5) is 51.3. The zero-order chi connectivity index (χ0) is 21.8. The van der Waals surface area contributed by atoms with E-state index in [1.54, 1.807) is 49.4 Å². The van der Waals surface area contributed by atoms with Crippen LogP contribution in [0.5, 0.6) is 0 Å². The first-order chi connectivity index (χ1) is 14.4. The van der Waals surface area contributed by atoms with E-state index in [0.29, 0.717) is 5.56 Å². The number of fused-ring (bicyclic) bond motifs is 1. The topological polar surface area (TPSA) is 113 Å². The monoisotopic (exact) mass is 410 g/mol. The lowest BCUT2D eigenvalue weighted by Crippen LogP contribution is -2.54. The van der Waals surface area contributed by atoms with Gasteiger partial charge in [0.15, 0.2) is 6.04 Å². The first-order valence-electron chi connectivity index (χ1n) is 9.53. The van der Waals surface area contributed by atoms with E-state index in [1.165, 1.54) is 19.1 Å². The summed E-state index contributed by atoms with van der Waals surface area (Å²) in [6, 6.07) is 12.0. The van der Waals surface area contributed by atoms with Crippen molar-refractivity contribution in [3.05, 3.63) is 71.3 Å². The molecule has 30 heavy (non-hydrogen) atoms. The number of carbonyl (C=O) groups is 4. The summed E-state index contributed by atoms with van der Waals surface area (Å²) in [7, 11) is 0. The number of benzene rings is 2. The fraction of sp³-hybridized carbons (Fsp3) is 0.273. The van der Waals surface area contributed by atoms with E-state index in [-0.39, 0.29) is 17.7 Å². The Morgan fingerprint density at radius 1 is 1.00 bits per heavy atom.